The molecule has 6 nitrogen and oxygen atoms in total. The van der Waals surface area contributed by atoms with Gasteiger partial charge in [0.05, 0.1) is 16.6 Å². The molecule has 1 aliphatic heterocycles. The number of hydrogen-bond acceptors (Lipinski definition) is 4. The quantitative estimate of drug-likeness (QED) is 0.794. The smallest absolute Gasteiger partial charge is 0.295 e. The van der Waals surface area contributed by atoms with Crippen molar-refractivity contribution in [2.45, 2.75) is 31.9 Å². The van der Waals surface area contributed by atoms with E-state index in [0.29, 0.717) is 11.4 Å². The van der Waals surface area contributed by atoms with E-state index in [1.54, 1.807) is 16.4 Å². The maximum Gasteiger partial charge on any atom is 0.295 e. The van der Waals surface area contributed by atoms with Crippen LogP contribution in [0.1, 0.15) is 25.5 Å². The Balaban J connectivity index is 1.76. The summed E-state index contributed by atoms with van der Waals surface area (Å²) in [5.41, 5.74) is 1.53. The SMILES string of the molecule is Cc1c(NC(=O)C(C)SC(=S)N2CCCC2)c(=O)n(-c2ccccc2)n1C. The molecule has 1 fully saturated rings. The average molecular weight is 405 g/mol. The molecule has 1 unspecified atom stereocenters. The molecule has 0 bridgehead atoms. The number of hydrogen-bond donors (Lipinski definition) is 1. The van der Waals surface area contributed by atoms with E-state index in [-0.39, 0.29) is 16.7 Å². The molecule has 1 amide bonds. The van der Waals surface area contributed by atoms with Gasteiger partial charge in [0.15, 0.2) is 0 Å². The third-order valence-corrected chi connectivity index (χ3v) is 6.39. The number of carbonyl (C=O) groups excluding carboxylic acids is 1. The summed E-state index contributed by atoms with van der Waals surface area (Å²) in [6.45, 7) is 5.55. The fraction of sp³-hybridized carbons (Fsp3) is 0.421. The first kappa shape index (κ1) is 19.7. The Labute approximate surface area is 168 Å². The second-order valence-corrected chi connectivity index (χ2v) is 8.62. The predicted molar refractivity (Wildman–Crippen MR) is 115 cm³/mol. The van der Waals surface area contributed by atoms with E-state index in [4.69, 9.17) is 12.2 Å². The topological polar surface area (TPSA) is 59.3 Å². The summed E-state index contributed by atoms with van der Waals surface area (Å²) >= 11 is 6.83. The van der Waals surface area contributed by atoms with Crippen molar-refractivity contribution in [2.75, 3.05) is 18.4 Å². The second kappa shape index (κ2) is 8.31. The van der Waals surface area contributed by atoms with Gasteiger partial charge in [0.2, 0.25) is 5.91 Å². The number of benzene rings is 1. The van der Waals surface area contributed by atoms with Crippen LogP contribution in [0.25, 0.3) is 5.69 Å². The van der Waals surface area contributed by atoms with Gasteiger partial charge in [0.1, 0.15) is 10.0 Å². The number of rotatable bonds is 4. The van der Waals surface area contributed by atoms with Gasteiger partial charge in [-0.1, -0.05) is 42.2 Å². The van der Waals surface area contributed by atoms with E-state index in [1.807, 2.05) is 44.2 Å². The molecule has 1 aromatic carbocycles. The number of anilines is 1. The highest BCUT2D eigenvalue weighted by molar-refractivity contribution is 8.23. The van der Waals surface area contributed by atoms with Crippen LogP contribution in [0.15, 0.2) is 35.1 Å². The molecule has 0 spiro atoms. The number of aromatic nitrogens is 2. The number of thioether (sulfide) groups is 1. The van der Waals surface area contributed by atoms with Crippen LogP contribution in [0, 0.1) is 6.92 Å². The van der Waals surface area contributed by atoms with Crippen LogP contribution < -0.4 is 10.9 Å². The molecule has 0 saturated carbocycles. The minimum atomic E-state index is -0.373. The van der Waals surface area contributed by atoms with E-state index >= 15 is 0 Å². The van der Waals surface area contributed by atoms with Gasteiger partial charge in [-0.25, -0.2) is 4.68 Å². The van der Waals surface area contributed by atoms with E-state index in [9.17, 15) is 9.59 Å². The van der Waals surface area contributed by atoms with Crippen LogP contribution in [-0.4, -0.2) is 42.8 Å². The molecule has 3 rings (SSSR count). The lowest BCUT2D eigenvalue weighted by molar-refractivity contribution is -0.115. The minimum Gasteiger partial charge on any atom is -0.358 e. The van der Waals surface area contributed by atoms with Crippen LogP contribution in [0.3, 0.4) is 0 Å². The van der Waals surface area contributed by atoms with E-state index in [1.165, 1.54) is 11.8 Å². The number of nitrogens with zero attached hydrogens (tertiary/aromatic N) is 3. The Morgan fingerprint density at radius 1 is 1.22 bits per heavy atom. The monoisotopic (exact) mass is 404 g/mol. The zero-order valence-electron chi connectivity index (χ0n) is 15.8. The van der Waals surface area contributed by atoms with Crippen molar-refractivity contribution in [1.29, 1.82) is 0 Å². The van der Waals surface area contributed by atoms with E-state index in [0.717, 1.165) is 35.9 Å². The van der Waals surface area contributed by atoms with Crippen LogP contribution in [0.5, 0.6) is 0 Å². The molecule has 1 aliphatic rings. The third-order valence-electron chi connectivity index (χ3n) is 4.81. The van der Waals surface area contributed by atoms with E-state index in [2.05, 4.69) is 10.2 Å². The van der Waals surface area contributed by atoms with Crippen molar-refractivity contribution in [1.82, 2.24) is 14.3 Å². The van der Waals surface area contributed by atoms with Crippen molar-refractivity contribution >= 4 is 39.9 Å². The van der Waals surface area contributed by atoms with Crippen LogP contribution in [0.2, 0.25) is 0 Å². The van der Waals surface area contributed by atoms with E-state index < -0.39 is 0 Å². The molecule has 27 heavy (non-hydrogen) atoms. The van der Waals surface area contributed by atoms with Crippen molar-refractivity contribution in [3.05, 3.63) is 46.4 Å². The average Bonchev–Trinajstić information content (AvgIpc) is 3.26. The zero-order chi connectivity index (χ0) is 19.6. The standard InChI is InChI=1S/C19H24N4O2S2/c1-13-16(18(25)23(21(13)3)15-9-5-4-6-10-15)20-17(24)14(2)27-19(26)22-11-7-8-12-22/h4-6,9-10,14H,7-8,11-12H2,1-3H3,(H,20,24). The number of para-hydroxylation sites is 1. The highest BCUT2D eigenvalue weighted by Crippen LogP contribution is 2.22. The number of carbonyl (C=O) groups is 1. The van der Waals surface area contributed by atoms with Crippen LogP contribution in [0.4, 0.5) is 5.69 Å². The lowest BCUT2D eigenvalue weighted by Crippen LogP contribution is -2.31. The maximum atomic E-state index is 12.9. The highest BCUT2D eigenvalue weighted by atomic mass is 32.2. The molecule has 2 heterocycles. The summed E-state index contributed by atoms with van der Waals surface area (Å²) in [6.07, 6.45) is 2.28. The van der Waals surface area contributed by atoms with Crippen molar-refractivity contribution in [3.8, 4) is 5.69 Å². The Hall–Kier alpha value is -2.06. The zero-order valence-corrected chi connectivity index (χ0v) is 17.4. The number of likely N-dealkylation sites (tertiary alicyclic amines) is 1. The Morgan fingerprint density at radius 2 is 1.85 bits per heavy atom. The summed E-state index contributed by atoms with van der Waals surface area (Å²) < 4.78 is 4.05. The van der Waals surface area contributed by atoms with Gasteiger partial charge < -0.3 is 10.2 Å². The molecule has 8 heteroatoms. The predicted octanol–water partition coefficient (Wildman–Crippen LogP) is 2.93. The maximum absolute atomic E-state index is 12.9. The lowest BCUT2D eigenvalue weighted by atomic mass is 10.3. The minimum absolute atomic E-state index is 0.215. The van der Waals surface area contributed by atoms with Crippen molar-refractivity contribution in [2.24, 2.45) is 7.05 Å². The summed E-state index contributed by atoms with van der Waals surface area (Å²) in [4.78, 5) is 27.7. The highest BCUT2D eigenvalue weighted by Gasteiger charge is 2.24. The van der Waals surface area contributed by atoms with Crippen molar-refractivity contribution in [3.63, 3.8) is 0 Å². The first-order valence-electron chi connectivity index (χ1n) is 9.00. The molecule has 2 aromatic rings. The first-order chi connectivity index (χ1) is 12.9. The fourth-order valence-electron chi connectivity index (χ4n) is 3.12. The Morgan fingerprint density at radius 3 is 2.48 bits per heavy atom. The summed E-state index contributed by atoms with van der Waals surface area (Å²) in [5, 5.41) is 2.44. The van der Waals surface area contributed by atoms with Crippen LogP contribution >= 0.6 is 24.0 Å². The molecule has 1 atom stereocenters. The fourth-order valence-corrected chi connectivity index (χ4v) is 4.53. The lowest BCUT2D eigenvalue weighted by Gasteiger charge is -2.20. The molecular weight excluding hydrogens is 380 g/mol. The van der Waals surface area contributed by atoms with Gasteiger partial charge in [-0.3, -0.25) is 14.3 Å². The number of nitrogens with one attached hydrogen (secondary N) is 1. The van der Waals surface area contributed by atoms with Gasteiger partial charge in [0, 0.05) is 20.1 Å². The Kier molecular flexibility index (Phi) is 6.06. The molecule has 0 radical (unpaired) electrons. The number of amides is 1. The Bertz CT molecular complexity index is 898. The van der Waals surface area contributed by atoms with Gasteiger partial charge in [-0.2, -0.15) is 0 Å². The van der Waals surface area contributed by atoms with Crippen LogP contribution in [-0.2, 0) is 11.8 Å². The molecule has 1 saturated heterocycles. The first-order valence-corrected chi connectivity index (χ1v) is 10.3. The molecule has 0 aliphatic carbocycles. The third kappa shape index (κ3) is 4.11. The molecule has 144 valence electrons. The van der Waals surface area contributed by atoms with Crippen molar-refractivity contribution < 1.29 is 4.79 Å². The normalized spacial score (nSPS) is 15.0. The molecule has 1 N–H and O–H groups in total. The second-order valence-electron chi connectivity index (χ2n) is 6.65. The molecule has 1 aromatic heterocycles. The molecular formula is C19H24N4O2S2. The van der Waals surface area contributed by atoms with Gasteiger partial charge in [-0.15, -0.1) is 0 Å². The largest absolute Gasteiger partial charge is 0.358 e. The summed E-state index contributed by atoms with van der Waals surface area (Å²) in [6, 6.07) is 9.37. The summed E-state index contributed by atoms with van der Waals surface area (Å²) in [5.74, 6) is -0.215. The van der Waals surface area contributed by atoms with Gasteiger partial charge in [-0.05, 0) is 38.8 Å². The van der Waals surface area contributed by atoms with Gasteiger partial charge in [0.25, 0.3) is 5.56 Å². The summed E-state index contributed by atoms with van der Waals surface area (Å²) in [7, 11) is 1.81. The number of thiocarbonyl (C=S) groups is 1. The van der Waals surface area contributed by atoms with Gasteiger partial charge >= 0.3 is 0 Å².